The van der Waals surface area contributed by atoms with Gasteiger partial charge in [0.2, 0.25) is 5.91 Å². The highest BCUT2D eigenvalue weighted by molar-refractivity contribution is 6.56. The highest BCUT2D eigenvalue weighted by Gasteiger charge is 2.52. The van der Waals surface area contributed by atoms with E-state index >= 15 is 0 Å². The number of hydrogen-bond acceptors (Lipinski definition) is 5. The zero-order valence-electron chi connectivity index (χ0n) is 17.7. The molecule has 1 aromatic carbocycles. The van der Waals surface area contributed by atoms with Gasteiger partial charge < -0.3 is 24.8 Å². The van der Waals surface area contributed by atoms with E-state index in [2.05, 4.69) is 45.9 Å². The van der Waals surface area contributed by atoms with Crippen LogP contribution in [-0.4, -0.2) is 57.0 Å². The number of nitrogens with zero attached hydrogens (tertiary/aromatic N) is 1. The van der Waals surface area contributed by atoms with Gasteiger partial charge in [-0.2, -0.15) is 0 Å². The van der Waals surface area contributed by atoms with Crippen molar-refractivity contribution in [1.29, 1.82) is 0 Å². The Bertz CT molecular complexity index is 709. The van der Waals surface area contributed by atoms with Gasteiger partial charge in [0.25, 0.3) is 0 Å². The lowest BCUT2D eigenvalue weighted by Crippen LogP contribution is -2.43. The Morgan fingerprint density at radius 3 is 2.25 bits per heavy atom. The van der Waals surface area contributed by atoms with Crippen LogP contribution in [0.4, 0.5) is 5.69 Å². The molecule has 6 nitrogen and oxygen atoms in total. The molecule has 152 valence electrons. The van der Waals surface area contributed by atoms with Crippen molar-refractivity contribution in [2.45, 2.75) is 45.8 Å². The van der Waals surface area contributed by atoms with Crippen molar-refractivity contribution in [2.24, 2.45) is 0 Å². The van der Waals surface area contributed by atoms with E-state index in [1.807, 2.05) is 27.7 Å². The summed E-state index contributed by atoms with van der Waals surface area (Å²) >= 11 is 0. The molecule has 2 N–H and O–H groups in total. The lowest BCUT2D eigenvalue weighted by molar-refractivity contribution is -0.118. The maximum Gasteiger partial charge on any atom is 0.492 e. The maximum absolute atomic E-state index is 11.5. The van der Waals surface area contributed by atoms with Crippen LogP contribution >= 0.6 is 0 Å². The number of hydrogen-bond donors (Lipinski definition) is 2. The molecule has 0 saturated carbocycles. The third kappa shape index (κ3) is 4.77. The molecule has 0 aliphatic carbocycles. The van der Waals surface area contributed by atoms with Gasteiger partial charge in [-0.1, -0.05) is 18.2 Å². The van der Waals surface area contributed by atoms with E-state index in [1.54, 1.807) is 0 Å². The average molecular weight is 385 g/mol. The summed E-state index contributed by atoms with van der Waals surface area (Å²) in [7, 11) is -0.482. The molecule has 1 aromatic rings. The molecule has 0 atom stereocenters. The van der Waals surface area contributed by atoms with E-state index in [9.17, 15) is 4.79 Å². The molecular formula is C21H32BN3O3. The third-order valence-electron chi connectivity index (χ3n) is 5.82. The highest BCUT2D eigenvalue weighted by Crippen LogP contribution is 2.38. The molecule has 0 radical (unpaired) electrons. The number of carbonyl (C=O) groups excluding carboxylic acids is 1. The zero-order valence-corrected chi connectivity index (χ0v) is 17.7. The minimum absolute atomic E-state index is 0.0727. The maximum atomic E-state index is 11.5. The molecule has 2 aliphatic heterocycles. The first kappa shape index (κ1) is 20.9. The van der Waals surface area contributed by atoms with Crippen molar-refractivity contribution in [1.82, 2.24) is 10.6 Å². The van der Waals surface area contributed by atoms with Crippen LogP contribution < -0.4 is 15.5 Å². The predicted molar refractivity (Wildman–Crippen MR) is 114 cm³/mol. The second kappa shape index (κ2) is 8.27. The summed E-state index contributed by atoms with van der Waals surface area (Å²) in [4.78, 5) is 13.8. The molecule has 0 bridgehead atoms. The van der Waals surface area contributed by atoms with Crippen LogP contribution in [0, 0.1) is 0 Å². The van der Waals surface area contributed by atoms with Gasteiger partial charge in [0.05, 0.1) is 11.2 Å². The average Bonchev–Trinajstić information content (AvgIpc) is 2.87. The molecule has 28 heavy (non-hydrogen) atoms. The molecule has 2 saturated heterocycles. The van der Waals surface area contributed by atoms with Crippen LogP contribution in [0.1, 0.15) is 40.2 Å². The molecule has 2 heterocycles. The molecule has 1 amide bonds. The smallest absolute Gasteiger partial charge is 0.400 e. The van der Waals surface area contributed by atoms with Crippen molar-refractivity contribution in [3.63, 3.8) is 0 Å². The molecular weight excluding hydrogens is 353 g/mol. The summed E-state index contributed by atoms with van der Waals surface area (Å²) in [5, 5.41) is 6.25. The first-order chi connectivity index (χ1) is 13.2. The molecule has 2 aliphatic rings. The fourth-order valence-electron chi connectivity index (χ4n) is 3.34. The van der Waals surface area contributed by atoms with Crippen LogP contribution in [0.5, 0.6) is 0 Å². The van der Waals surface area contributed by atoms with E-state index < -0.39 is 18.3 Å². The monoisotopic (exact) mass is 385 g/mol. The molecule has 7 heteroatoms. The summed E-state index contributed by atoms with van der Waals surface area (Å²) in [6, 6.07) is 8.52. The fourth-order valence-corrected chi connectivity index (χ4v) is 3.34. The number of nitrogens with one attached hydrogen (secondary N) is 2. The van der Waals surface area contributed by atoms with Crippen molar-refractivity contribution in [2.75, 3.05) is 37.6 Å². The van der Waals surface area contributed by atoms with Gasteiger partial charge in [-0.15, -0.1) is 0 Å². The van der Waals surface area contributed by atoms with Gasteiger partial charge in [0.1, 0.15) is 0 Å². The second-order valence-electron chi connectivity index (χ2n) is 8.55. The van der Waals surface area contributed by atoms with E-state index in [0.29, 0.717) is 6.54 Å². The molecule has 3 rings (SSSR count). The molecule has 2 fully saturated rings. The number of carbonyl (C=O) groups is 1. The van der Waals surface area contributed by atoms with Gasteiger partial charge in [0.15, 0.2) is 0 Å². The van der Waals surface area contributed by atoms with E-state index in [1.165, 1.54) is 12.6 Å². The van der Waals surface area contributed by atoms with Gasteiger partial charge >= 0.3 is 7.12 Å². The molecule has 0 spiro atoms. The largest absolute Gasteiger partial charge is 0.492 e. The minimum atomic E-state index is -0.482. The van der Waals surface area contributed by atoms with Crippen LogP contribution in [0.2, 0.25) is 0 Å². The zero-order chi connectivity index (χ0) is 20.4. The number of amides is 1. The van der Waals surface area contributed by atoms with E-state index in [4.69, 9.17) is 9.31 Å². The van der Waals surface area contributed by atoms with Gasteiger partial charge in [-0.3, -0.25) is 4.79 Å². The topological polar surface area (TPSA) is 62.8 Å². The highest BCUT2D eigenvalue weighted by atomic mass is 16.7. The van der Waals surface area contributed by atoms with E-state index in [0.717, 1.165) is 37.2 Å². The second-order valence-corrected chi connectivity index (χ2v) is 8.55. The Morgan fingerprint density at radius 1 is 1.14 bits per heavy atom. The summed E-state index contributed by atoms with van der Waals surface area (Å²) < 4.78 is 12.4. The van der Waals surface area contributed by atoms with Crippen molar-refractivity contribution >= 4 is 24.8 Å². The van der Waals surface area contributed by atoms with Crippen LogP contribution in [0.15, 0.2) is 29.7 Å². The van der Waals surface area contributed by atoms with Crippen LogP contribution in [0.25, 0.3) is 6.08 Å². The van der Waals surface area contributed by atoms with Crippen LogP contribution in [-0.2, 0) is 14.1 Å². The quantitative estimate of drug-likeness (QED) is 0.762. The summed E-state index contributed by atoms with van der Waals surface area (Å²) in [6.45, 7) is 14.1. The summed E-state index contributed by atoms with van der Waals surface area (Å²) in [6.07, 6.45) is 2.06. The van der Waals surface area contributed by atoms with Gasteiger partial charge in [-0.25, -0.2) is 0 Å². The Balaban J connectivity index is 1.79. The lowest BCUT2D eigenvalue weighted by atomic mass is 9.77. The predicted octanol–water partition coefficient (Wildman–Crippen LogP) is 2.25. The van der Waals surface area contributed by atoms with Gasteiger partial charge in [0, 0.05) is 45.3 Å². The Labute approximate surface area is 168 Å². The summed E-state index contributed by atoms with van der Waals surface area (Å²) in [5.74, 6) is -0.0727. The third-order valence-corrected chi connectivity index (χ3v) is 5.82. The number of anilines is 1. The minimum Gasteiger partial charge on any atom is -0.400 e. The van der Waals surface area contributed by atoms with Crippen molar-refractivity contribution < 1.29 is 14.1 Å². The first-order valence-electron chi connectivity index (χ1n) is 10.0. The number of benzene rings is 1. The van der Waals surface area contributed by atoms with Gasteiger partial charge in [-0.05, 0) is 50.9 Å². The SMILES string of the molecule is CC(=O)NCC(=Cc1ccc(N2CCNCC2)cc1)B1OC(C)(C)C(C)(C)O1. The number of rotatable bonds is 5. The Hall–Kier alpha value is -1.83. The molecule has 0 unspecified atom stereocenters. The standard InChI is InChI=1S/C21H32BN3O3/c1-16(26)24-15-18(22-27-20(2,3)21(4,5)28-22)14-17-6-8-19(9-7-17)25-12-10-23-11-13-25/h6-9,14,23H,10-13,15H2,1-5H3,(H,24,26). The summed E-state index contributed by atoms with van der Waals surface area (Å²) in [5.41, 5.74) is 2.37. The van der Waals surface area contributed by atoms with Crippen LogP contribution in [0.3, 0.4) is 0 Å². The van der Waals surface area contributed by atoms with E-state index in [-0.39, 0.29) is 5.91 Å². The van der Waals surface area contributed by atoms with Crippen molar-refractivity contribution in [3.05, 3.63) is 35.3 Å². The lowest BCUT2D eigenvalue weighted by Gasteiger charge is -2.32. The Kier molecular flexibility index (Phi) is 6.17. The fraction of sp³-hybridized carbons (Fsp3) is 0.571. The first-order valence-corrected chi connectivity index (χ1v) is 10.0. The van der Waals surface area contributed by atoms with Crippen molar-refractivity contribution in [3.8, 4) is 0 Å². The molecule has 0 aromatic heterocycles. The Morgan fingerprint density at radius 2 is 1.71 bits per heavy atom. The normalized spacial score (nSPS) is 21.7. The number of piperazine rings is 1.